The number of furan rings is 1. The van der Waals surface area contributed by atoms with Gasteiger partial charge < -0.3 is 18.8 Å². The Morgan fingerprint density at radius 2 is 2.12 bits per heavy atom. The summed E-state index contributed by atoms with van der Waals surface area (Å²) < 4.78 is 16.2. The molecule has 134 valence electrons. The van der Waals surface area contributed by atoms with E-state index >= 15 is 0 Å². The van der Waals surface area contributed by atoms with Crippen molar-refractivity contribution < 1.29 is 18.7 Å². The number of nitrogens with zero attached hydrogens (tertiary/aromatic N) is 1. The van der Waals surface area contributed by atoms with Crippen LogP contribution in [0.3, 0.4) is 0 Å². The number of rotatable bonds is 6. The highest BCUT2D eigenvalue weighted by Gasteiger charge is 2.29. The third kappa shape index (κ3) is 3.98. The molecule has 1 aromatic carbocycles. The van der Waals surface area contributed by atoms with E-state index in [2.05, 4.69) is 0 Å². The molecule has 5 nitrogen and oxygen atoms in total. The van der Waals surface area contributed by atoms with Crippen molar-refractivity contribution in [2.45, 2.75) is 38.1 Å². The van der Waals surface area contributed by atoms with Crippen molar-refractivity contribution >= 4 is 5.91 Å². The summed E-state index contributed by atoms with van der Waals surface area (Å²) in [5.41, 5.74) is 0.988. The smallest absolute Gasteiger partial charge is 0.223 e. The first-order valence-electron chi connectivity index (χ1n) is 8.76. The number of carbonyl (C=O) groups excluding carboxylic acids is 1. The monoisotopic (exact) mass is 343 g/mol. The number of hydrogen-bond acceptors (Lipinski definition) is 4. The van der Waals surface area contributed by atoms with Crippen molar-refractivity contribution in [3.63, 3.8) is 0 Å². The van der Waals surface area contributed by atoms with Gasteiger partial charge in [0.25, 0.3) is 0 Å². The topological polar surface area (TPSA) is 51.9 Å². The molecule has 1 aliphatic rings. The summed E-state index contributed by atoms with van der Waals surface area (Å²) >= 11 is 0. The van der Waals surface area contributed by atoms with Gasteiger partial charge in [0.1, 0.15) is 17.3 Å². The molecule has 1 aliphatic heterocycles. The van der Waals surface area contributed by atoms with Gasteiger partial charge in [0.05, 0.1) is 26.5 Å². The van der Waals surface area contributed by atoms with Crippen LogP contribution in [0.25, 0.3) is 0 Å². The summed E-state index contributed by atoms with van der Waals surface area (Å²) in [4.78, 5) is 14.8. The lowest BCUT2D eigenvalue weighted by molar-refractivity contribution is -0.135. The van der Waals surface area contributed by atoms with Crippen LogP contribution in [0.15, 0.2) is 41.0 Å². The van der Waals surface area contributed by atoms with E-state index in [0.717, 1.165) is 48.6 Å². The number of ether oxygens (including phenoxy) is 2. The summed E-state index contributed by atoms with van der Waals surface area (Å²) in [6.07, 6.45) is 5.88. The van der Waals surface area contributed by atoms with E-state index in [-0.39, 0.29) is 11.9 Å². The maximum absolute atomic E-state index is 12.8. The SMILES string of the molecule is COc1ccc(OC)c(CCC(=O)N2CCCC[C@@H]2c2ccco2)c1. The highest BCUT2D eigenvalue weighted by Crippen LogP contribution is 2.32. The Balaban J connectivity index is 1.69. The van der Waals surface area contributed by atoms with Crippen LogP contribution in [-0.4, -0.2) is 31.6 Å². The summed E-state index contributed by atoms with van der Waals surface area (Å²) in [5, 5.41) is 0. The van der Waals surface area contributed by atoms with Crippen molar-refractivity contribution in [2.24, 2.45) is 0 Å². The second kappa shape index (κ2) is 8.10. The molecule has 2 heterocycles. The molecule has 0 N–H and O–H groups in total. The van der Waals surface area contributed by atoms with E-state index in [0.29, 0.717) is 12.8 Å². The first kappa shape index (κ1) is 17.4. The fourth-order valence-electron chi connectivity index (χ4n) is 3.47. The van der Waals surface area contributed by atoms with E-state index in [4.69, 9.17) is 13.9 Å². The van der Waals surface area contributed by atoms with Crippen LogP contribution in [-0.2, 0) is 11.2 Å². The third-order valence-corrected chi connectivity index (χ3v) is 4.79. The van der Waals surface area contributed by atoms with Crippen LogP contribution in [0.4, 0.5) is 0 Å². The van der Waals surface area contributed by atoms with Crippen molar-refractivity contribution in [3.8, 4) is 11.5 Å². The number of hydrogen-bond donors (Lipinski definition) is 0. The lowest BCUT2D eigenvalue weighted by Gasteiger charge is -2.34. The van der Waals surface area contributed by atoms with Gasteiger partial charge in [0.15, 0.2) is 0 Å². The van der Waals surface area contributed by atoms with Crippen LogP contribution >= 0.6 is 0 Å². The number of benzene rings is 1. The number of aryl methyl sites for hydroxylation is 1. The van der Waals surface area contributed by atoms with Gasteiger partial charge in [-0.25, -0.2) is 0 Å². The van der Waals surface area contributed by atoms with E-state index in [1.165, 1.54) is 0 Å². The average molecular weight is 343 g/mol. The number of piperidine rings is 1. The Labute approximate surface area is 148 Å². The lowest BCUT2D eigenvalue weighted by Crippen LogP contribution is -2.38. The standard InChI is InChI=1S/C20H25NO4/c1-23-16-9-10-18(24-2)15(14-16)8-11-20(22)21-12-4-3-6-17(21)19-7-5-13-25-19/h5,7,9-10,13-14,17H,3-4,6,8,11-12H2,1-2H3/t17-/m1/s1. The van der Waals surface area contributed by atoms with Crippen LogP contribution in [0, 0.1) is 0 Å². The van der Waals surface area contributed by atoms with E-state index in [1.807, 2.05) is 35.2 Å². The van der Waals surface area contributed by atoms with E-state index in [1.54, 1.807) is 20.5 Å². The first-order valence-corrected chi connectivity index (χ1v) is 8.76. The summed E-state index contributed by atoms with van der Waals surface area (Å²) in [6.45, 7) is 0.791. The summed E-state index contributed by atoms with van der Waals surface area (Å²) in [7, 11) is 3.28. The molecule has 5 heteroatoms. The van der Waals surface area contributed by atoms with Gasteiger partial charge in [-0.3, -0.25) is 4.79 Å². The number of carbonyl (C=O) groups is 1. The highest BCUT2D eigenvalue weighted by atomic mass is 16.5. The second-order valence-corrected chi connectivity index (χ2v) is 6.29. The van der Waals surface area contributed by atoms with Gasteiger partial charge in [-0.2, -0.15) is 0 Å². The van der Waals surface area contributed by atoms with Gasteiger partial charge in [0.2, 0.25) is 5.91 Å². The quantitative estimate of drug-likeness (QED) is 0.796. The Bertz CT molecular complexity index is 696. The van der Waals surface area contributed by atoms with Gasteiger partial charge in [0, 0.05) is 13.0 Å². The molecule has 1 fully saturated rings. The number of amides is 1. The Kier molecular flexibility index (Phi) is 5.64. The van der Waals surface area contributed by atoms with Crippen molar-refractivity contribution in [1.29, 1.82) is 0 Å². The van der Waals surface area contributed by atoms with Gasteiger partial charge in [-0.05, 0) is 61.6 Å². The highest BCUT2D eigenvalue weighted by molar-refractivity contribution is 5.77. The van der Waals surface area contributed by atoms with Crippen LogP contribution in [0.5, 0.6) is 11.5 Å². The third-order valence-electron chi connectivity index (χ3n) is 4.79. The second-order valence-electron chi connectivity index (χ2n) is 6.29. The van der Waals surface area contributed by atoms with Crippen LogP contribution in [0.2, 0.25) is 0 Å². The number of methoxy groups -OCH3 is 2. The molecular weight excluding hydrogens is 318 g/mol. The molecule has 2 aromatic rings. The minimum atomic E-state index is 0.0588. The van der Waals surface area contributed by atoms with Crippen LogP contribution < -0.4 is 9.47 Å². The van der Waals surface area contributed by atoms with Gasteiger partial charge in [-0.1, -0.05) is 0 Å². The Morgan fingerprint density at radius 1 is 1.24 bits per heavy atom. The maximum atomic E-state index is 12.8. The van der Waals surface area contributed by atoms with Gasteiger partial charge >= 0.3 is 0 Å². The van der Waals surface area contributed by atoms with Crippen molar-refractivity contribution in [3.05, 3.63) is 47.9 Å². The molecule has 0 spiro atoms. The fourth-order valence-corrected chi connectivity index (χ4v) is 3.47. The summed E-state index contributed by atoms with van der Waals surface area (Å²) in [6, 6.07) is 9.58. The van der Waals surface area contributed by atoms with E-state index in [9.17, 15) is 4.79 Å². The minimum absolute atomic E-state index is 0.0588. The van der Waals surface area contributed by atoms with Crippen LogP contribution in [0.1, 0.15) is 43.0 Å². The zero-order chi connectivity index (χ0) is 17.6. The minimum Gasteiger partial charge on any atom is -0.497 e. The zero-order valence-electron chi connectivity index (χ0n) is 14.9. The van der Waals surface area contributed by atoms with Gasteiger partial charge in [-0.15, -0.1) is 0 Å². The normalized spacial score (nSPS) is 17.4. The molecule has 0 aliphatic carbocycles. The predicted molar refractivity (Wildman–Crippen MR) is 94.9 cm³/mol. The van der Waals surface area contributed by atoms with E-state index < -0.39 is 0 Å². The average Bonchev–Trinajstić information content (AvgIpc) is 3.20. The largest absolute Gasteiger partial charge is 0.497 e. The molecular formula is C20H25NO4. The molecule has 1 atom stereocenters. The molecule has 3 rings (SSSR count). The number of likely N-dealkylation sites (tertiary alicyclic amines) is 1. The molecule has 0 bridgehead atoms. The first-order chi connectivity index (χ1) is 12.2. The van der Waals surface area contributed by atoms with Crippen molar-refractivity contribution in [1.82, 2.24) is 4.90 Å². The Hall–Kier alpha value is -2.43. The molecule has 25 heavy (non-hydrogen) atoms. The maximum Gasteiger partial charge on any atom is 0.223 e. The molecule has 0 unspecified atom stereocenters. The zero-order valence-corrected chi connectivity index (χ0v) is 14.9. The predicted octanol–water partition coefficient (Wildman–Crippen LogP) is 3.98. The molecule has 1 aromatic heterocycles. The lowest BCUT2D eigenvalue weighted by atomic mass is 9.98. The van der Waals surface area contributed by atoms with Crippen molar-refractivity contribution in [2.75, 3.05) is 20.8 Å². The molecule has 0 radical (unpaired) electrons. The molecule has 1 amide bonds. The Morgan fingerprint density at radius 3 is 2.84 bits per heavy atom. The fraction of sp³-hybridized carbons (Fsp3) is 0.450. The molecule has 1 saturated heterocycles. The summed E-state index contributed by atoms with van der Waals surface area (Å²) in [5.74, 6) is 2.60. The molecule has 0 saturated carbocycles.